The molecule has 14 heavy (non-hydrogen) atoms. The lowest BCUT2D eigenvalue weighted by molar-refractivity contribution is -0.151. The average molecular weight is 202 g/mol. The summed E-state index contributed by atoms with van der Waals surface area (Å²) < 4.78 is 5.07. The maximum absolute atomic E-state index is 11.3. The smallest absolute Gasteiger partial charge is 0.324 e. The molecule has 2 heterocycles. The molecule has 2 fully saturated rings. The van der Waals surface area contributed by atoms with Crippen LogP contribution in [0.15, 0.2) is 0 Å². The van der Waals surface area contributed by atoms with Crippen LogP contribution in [0.5, 0.6) is 0 Å². The summed E-state index contributed by atoms with van der Waals surface area (Å²) in [5.74, 6) is -0.779. The second-order valence-corrected chi connectivity index (χ2v) is 3.40. The van der Waals surface area contributed by atoms with Crippen LogP contribution in [0, 0.1) is 0 Å². The van der Waals surface area contributed by atoms with Crippen molar-refractivity contribution < 1.29 is 24.5 Å². The van der Waals surface area contributed by atoms with E-state index in [1.165, 1.54) is 6.92 Å². The Kier molecular flexibility index (Phi) is 1.78. The number of urea groups is 1. The zero-order valence-corrected chi connectivity index (χ0v) is 7.35. The lowest BCUT2D eigenvalue weighted by Crippen LogP contribution is -2.56. The molecule has 0 aromatic heterocycles. The van der Waals surface area contributed by atoms with Gasteiger partial charge in [0.25, 0.3) is 11.6 Å². The molecule has 0 unspecified atom stereocenters. The van der Waals surface area contributed by atoms with E-state index in [2.05, 4.69) is 5.32 Å². The van der Waals surface area contributed by atoms with Crippen LogP contribution < -0.4 is 10.6 Å². The van der Waals surface area contributed by atoms with Gasteiger partial charge in [-0.1, -0.05) is 0 Å². The summed E-state index contributed by atoms with van der Waals surface area (Å²) in [6.45, 7) is 1.50. The third kappa shape index (κ3) is 0.969. The van der Waals surface area contributed by atoms with Crippen molar-refractivity contribution in [2.24, 2.45) is 0 Å². The minimum absolute atomic E-state index is 0.714. The van der Waals surface area contributed by atoms with Gasteiger partial charge in [0.05, 0.1) is 6.10 Å². The Balaban J connectivity index is 2.34. The van der Waals surface area contributed by atoms with Gasteiger partial charge < -0.3 is 14.9 Å². The lowest BCUT2D eigenvalue weighted by atomic mass is 10.0. The summed E-state index contributed by atoms with van der Waals surface area (Å²) in [6.07, 6.45) is -3.36. The van der Waals surface area contributed by atoms with Gasteiger partial charge in [-0.2, -0.15) is 0 Å². The highest BCUT2D eigenvalue weighted by Gasteiger charge is 2.62. The van der Waals surface area contributed by atoms with Crippen LogP contribution in [0.2, 0.25) is 0 Å². The summed E-state index contributed by atoms with van der Waals surface area (Å²) >= 11 is 0. The van der Waals surface area contributed by atoms with Gasteiger partial charge in [-0.15, -0.1) is 0 Å². The minimum Gasteiger partial charge on any atom is -0.387 e. The number of ether oxygens (including phenoxy) is 1. The van der Waals surface area contributed by atoms with E-state index in [0.29, 0.717) is 0 Å². The number of aliphatic hydroxyl groups excluding tert-OH is 2. The number of carbonyl (C=O) groups excluding carboxylic acids is 2. The van der Waals surface area contributed by atoms with E-state index in [4.69, 9.17) is 4.74 Å². The van der Waals surface area contributed by atoms with Crippen molar-refractivity contribution >= 4 is 11.9 Å². The molecule has 0 bridgehead atoms. The average Bonchev–Trinajstić information content (AvgIpc) is 2.48. The fraction of sp³-hybridized carbons (Fsp3) is 0.714. The summed E-state index contributed by atoms with van der Waals surface area (Å²) in [4.78, 5) is 22.2. The fourth-order valence-electron chi connectivity index (χ4n) is 1.67. The molecule has 4 N–H and O–H groups in total. The number of hydrogen-bond donors (Lipinski definition) is 4. The van der Waals surface area contributed by atoms with Gasteiger partial charge in [-0.25, -0.2) is 4.79 Å². The van der Waals surface area contributed by atoms with Crippen molar-refractivity contribution in [3.05, 3.63) is 0 Å². The summed E-state index contributed by atoms with van der Waals surface area (Å²) in [5.41, 5.74) is -1.82. The van der Waals surface area contributed by atoms with E-state index in [1.807, 2.05) is 5.32 Å². The predicted octanol–water partition coefficient (Wildman–Crippen LogP) is -2.34. The molecule has 2 rings (SSSR count). The predicted molar refractivity (Wildman–Crippen MR) is 42.0 cm³/mol. The molecule has 7 heteroatoms. The van der Waals surface area contributed by atoms with Crippen LogP contribution in [-0.2, 0) is 9.53 Å². The number of carbonyl (C=O) groups is 2. The van der Waals surface area contributed by atoms with Gasteiger partial charge in [0, 0.05) is 0 Å². The van der Waals surface area contributed by atoms with E-state index >= 15 is 0 Å². The largest absolute Gasteiger partial charge is 0.387 e. The molecule has 3 amide bonds. The molecule has 2 aliphatic heterocycles. The normalized spacial score (nSPS) is 46.9. The second kappa shape index (κ2) is 2.66. The molecule has 2 aliphatic rings. The first-order chi connectivity index (χ1) is 6.47. The highest BCUT2D eigenvalue weighted by atomic mass is 16.6. The third-order valence-electron chi connectivity index (χ3n) is 2.46. The number of hydrogen-bond acceptors (Lipinski definition) is 5. The maximum Gasteiger partial charge on any atom is 0.324 e. The Labute approximate surface area is 79.0 Å². The minimum atomic E-state index is -1.82. The van der Waals surface area contributed by atoms with Crippen LogP contribution in [-0.4, -0.2) is 46.2 Å². The first-order valence-corrected chi connectivity index (χ1v) is 4.15. The molecule has 0 aromatic carbocycles. The van der Waals surface area contributed by atoms with Crippen molar-refractivity contribution in [3.8, 4) is 0 Å². The van der Waals surface area contributed by atoms with Crippen molar-refractivity contribution in [1.29, 1.82) is 0 Å². The van der Waals surface area contributed by atoms with Crippen molar-refractivity contribution in [1.82, 2.24) is 10.6 Å². The lowest BCUT2D eigenvalue weighted by Gasteiger charge is -2.22. The van der Waals surface area contributed by atoms with Crippen molar-refractivity contribution in [2.45, 2.75) is 31.0 Å². The van der Waals surface area contributed by atoms with Gasteiger partial charge >= 0.3 is 6.03 Å². The van der Waals surface area contributed by atoms with Crippen molar-refractivity contribution in [3.63, 3.8) is 0 Å². The first-order valence-electron chi connectivity index (χ1n) is 4.15. The molecule has 0 aliphatic carbocycles. The van der Waals surface area contributed by atoms with E-state index in [0.717, 1.165) is 0 Å². The summed E-state index contributed by atoms with van der Waals surface area (Å²) in [5, 5.41) is 23.0. The highest BCUT2D eigenvalue weighted by molar-refractivity contribution is 6.06. The summed E-state index contributed by atoms with van der Waals surface area (Å²) in [6, 6.07) is -0.740. The zero-order chi connectivity index (χ0) is 10.5. The van der Waals surface area contributed by atoms with E-state index < -0.39 is 36.0 Å². The van der Waals surface area contributed by atoms with Crippen LogP contribution in [0.3, 0.4) is 0 Å². The van der Waals surface area contributed by atoms with Gasteiger partial charge in [0.2, 0.25) is 0 Å². The van der Waals surface area contributed by atoms with Crippen LogP contribution >= 0.6 is 0 Å². The number of amides is 3. The van der Waals surface area contributed by atoms with Gasteiger partial charge in [0.1, 0.15) is 12.2 Å². The van der Waals surface area contributed by atoms with E-state index in [-0.39, 0.29) is 0 Å². The maximum atomic E-state index is 11.3. The molecule has 0 radical (unpaired) electrons. The second-order valence-electron chi connectivity index (χ2n) is 3.40. The van der Waals surface area contributed by atoms with Crippen LogP contribution in [0.4, 0.5) is 4.79 Å². The fourth-order valence-corrected chi connectivity index (χ4v) is 1.67. The molecular weight excluding hydrogens is 192 g/mol. The van der Waals surface area contributed by atoms with Gasteiger partial charge in [0.15, 0.2) is 0 Å². The Morgan fingerprint density at radius 3 is 2.43 bits per heavy atom. The number of aliphatic hydroxyl groups is 2. The topological polar surface area (TPSA) is 108 Å². The molecular formula is C7H10N2O5. The third-order valence-corrected chi connectivity index (χ3v) is 2.46. The number of rotatable bonds is 0. The Morgan fingerprint density at radius 1 is 1.43 bits per heavy atom. The zero-order valence-electron chi connectivity index (χ0n) is 7.35. The summed E-state index contributed by atoms with van der Waals surface area (Å²) in [7, 11) is 0. The van der Waals surface area contributed by atoms with E-state index in [9.17, 15) is 19.8 Å². The van der Waals surface area contributed by atoms with E-state index in [1.54, 1.807) is 0 Å². The Bertz CT molecular complexity index is 306. The molecule has 0 saturated carbocycles. The Morgan fingerprint density at radius 2 is 2.07 bits per heavy atom. The quantitative estimate of drug-likeness (QED) is 0.329. The molecule has 7 nitrogen and oxygen atoms in total. The number of nitrogens with one attached hydrogen (secondary N) is 2. The van der Waals surface area contributed by atoms with Gasteiger partial charge in [-0.3, -0.25) is 15.4 Å². The van der Waals surface area contributed by atoms with Crippen molar-refractivity contribution in [2.75, 3.05) is 0 Å². The monoisotopic (exact) mass is 202 g/mol. The molecule has 1 spiro atoms. The van der Waals surface area contributed by atoms with Crippen LogP contribution in [0.1, 0.15) is 6.92 Å². The molecule has 78 valence electrons. The Hall–Kier alpha value is -1.18. The SMILES string of the molecule is C[C@@H]1O[C@]2(NC(=O)NC2=O)[C@H](O)[C@@H]1O. The highest BCUT2D eigenvalue weighted by Crippen LogP contribution is 2.31. The number of imide groups is 1. The molecule has 4 atom stereocenters. The molecule has 2 saturated heterocycles. The standard InChI is InChI=1S/C7H10N2O5/c1-2-3(10)4(11)7(14-2)5(12)8-6(13)9-7/h2-4,10-11H,1H3,(H2,8,9,12,13)/t2-,3+,4+,7+/m0/s1. The first kappa shape index (κ1) is 9.38. The van der Waals surface area contributed by atoms with Gasteiger partial charge in [-0.05, 0) is 6.92 Å². The van der Waals surface area contributed by atoms with Crippen LogP contribution in [0.25, 0.3) is 0 Å². The molecule has 0 aromatic rings.